The molecule has 0 radical (unpaired) electrons. The summed E-state index contributed by atoms with van der Waals surface area (Å²) in [5.41, 5.74) is 1.14. The molecule has 0 aliphatic carbocycles. The first-order chi connectivity index (χ1) is 6.63. The molecule has 0 spiro atoms. The van der Waals surface area contributed by atoms with Gasteiger partial charge in [0.2, 0.25) is 0 Å². The molecule has 0 saturated heterocycles. The maximum Gasteiger partial charge on any atom is 0.0839 e. The van der Waals surface area contributed by atoms with Crippen molar-refractivity contribution in [3.63, 3.8) is 0 Å². The van der Waals surface area contributed by atoms with Crippen LogP contribution in [-0.2, 0) is 11.2 Å². The van der Waals surface area contributed by atoms with Crippen LogP contribution in [0.1, 0.15) is 12.5 Å². The van der Waals surface area contributed by atoms with E-state index in [4.69, 9.17) is 4.74 Å². The quantitative estimate of drug-likeness (QED) is 0.865. The highest BCUT2D eigenvalue weighted by Crippen LogP contribution is 2.10. The van der Waals surface area contributed by atoms with Crippen LogP contribution >= 0.6 is 22.6 Å². The molecular weight excluding hydrogens is 291 g/mol. The molecule has 0 saturated carbocycles. The van der Waals surface area contributed by atoms with Gasteiger partial charge in [-0.2, -0.15) is 0 Å². The monoisotopic (exact) mass is 306 g/mol. The normalized spacial score (nSPS) is 15.1. The fourth-order valence-electron chi connectivity index (χ4n) is 1.19. The zero-order valence-corrected chi connectivity index (χ0v) is 10.6. The Kier molecular flexibility index (Phi) is 4.84. The third-order valence-electron chi connectivity index (χ3n) is 2.27. The van der Waals surface area contributed by atoms with Gasteiger partial charge in [0.15, 0.2) is 0 Å². The van der Waals surface area contributed by atoms with Crippen molar-refractivity contribution in [2.45, 2.75) is 25.6 Å². The Labute approximate surface area is 98.4 Å². The number of hydrogen-bond donors (Lipinski definition) is 1. The van der Waals surface area contributed by atoms with Crippen molar-refractivity contribution < 1.29 is 9.84 Å². The first kappa shape index (κ1) is 11.9. The second-order valence-electron chi connectivity index (χ2n) is 3.34. The van der Waals surface area contributed by atoms with Crippen molar-refractivity contribution in [1.29, 1.82) is 0 Å². The van der Waals surface area contributed by atoms with E-state index in [2.05, 4.69) is 22.6 Å². The van der Waals surface area contributed by atoms with E-state index in [1.54, 1.807) is 7.11 Å². The summed E-state index contributed by atoms with van der Waals surface area (Å²) in [4.78, 5) is 0. The first-order valence-corrected chi connectivity index (χ1v) is 5.66. The minimum atomic E-state index is -0.430. The highest BCUT2D eigenvalue weighted by atomic mass is 127. The second kappa shape index (κ2) is 5.68. The molecule has 2 unspecified atom stereocenters. The van der Waals surface area contributed by atoms with Crippen molar-refractivity contribution in [3.05, 3.63) is 33.4 Å². The van der Waals surface area contributed by atoms with E-state index in [0.29, 0.717) is 6.42 Å². The Bertz CT molecular complexity index is 271. The van der Waals surface area contributed by atoms with E-state index in [9.17, 15) is 5.11 Å². The number of aliphatic hydroxyl groups excluding tert-OH is 1. The van der Waals surface area contributed by atoms with Crippen molar-refractivity contribution in [1.82, 2.24) is 0 Å². The second-order valence-corrected chi connectivity index (χ2v) is 4.58. The standard InChI is InChI=1S/C11H15IO2/c1-8(14-2)11(13)7-9-3-5-10(12)6-4-9/h3-6,8,11,13H,7H2,1-2H3. The lowest BCUT2D eigenvalue weighted by Crippen LogP contribution is -2.26. The molecule has 0 aromatic heterocycles. The van der Waals surface area contributed by atoms with Crippen LogP contribution in [-0.4, -0.2) is 24.4 Å². The molecule has 2 atom stereocenters. The van der Waals surface area contributed by atoms with Gasteiger partial charge in [0.25, 0.3) is 0 Å². The predicted molar refractivity (Wildman–Crippen MR) is 65.3 cm³/mol. The molecule has 14 heavy (non-hydrogen) atoms. The number of hydrogen-bond acceptors (Lipinski definition) is 2. The van der Waals surface area contributed by atoms with E-state index >= 15 is 0 Å². The molecular formula is C11H15IO2. The van der Waals surface area contributed by atoms with E-state index in [1.807, 2.05) is 31.2 Å². The molecule has 3 heteroatoms. The average Bonchev–Trinajstić information content (AvgIpc) is 2.20. The fraction of sp³-hybridized carbons (Fsp3) is 0.455. The highest BCUT2D eigenvalue weighted by molar-refractivity contribution is 14.1. The summed E-state index contributed by atoms with van der Waals surface area (Å²) < 4.78 is 6.27. The predicted octanol–water partition coefficient (Wildman–Crippen LogP) is 2.23. The van der Waals surface area contributed by atoms with E-state index < -0.39 is 6.10 Å². The third-order valence-corrected chi connectivity index (χ3v) is 2.99. The summed E-state index contributed by atoms with van der Waals surface area (Å²) in [5.74, 6) is 0. The molecule has 1 aromatic carbocycles. The van der Waals surface area contributed by atoms with Gasteiger partial charge in [0.05, 0.1) is 12.2 Å². The van der Waals surface area contributed by atoms with Gasteiger partial charge in [-0.05, 0) is 47.2 Å². The fourth-order valence-corrected chi connectivity index (χ4v) is 1.54. The van der Waals surface area contributed by atoms with Crippen LogP contribution < -0.4 is 0 Å². The Morgan fingerprint density at radius 1 is 1.36 bits per heavy atom. The van der Waals surface area contributed by atoms with Crippen LogP contribution in [0, 0.1) is 3.57 Å². The summed E-state index contributed by atoms with van der Waals surface area (Å²) in [6.45, 7) is 1.87. The lowest BCUT2D eigenvalue weighted by atomic mass is 10.1. The van der Waals surface area contributed by atoms with Crippen LogP contribution in [0.25, 0.3) is 0 Å². The van der Waals surface area contributed by atoms with Gasteiger partial charge in [-0.3, -0.25) is 0 Å². The molecule has 0 aliphatic rings. The molecule has 78 valence electrons. The minimum absolute atomic E-state index is 0.116. The van der Waals surface area contributed by atoms with Crippen molar-refractivity contribution in [3.8, 4) is 0 Å². The van der Waals surface area contributed by atoms with Crippen molar-refractivity contribution in [2.75, 3.05) is 7.11 Å². The smallest absolute Gasteiger partial charge is 0.0839 e. The van der Waals surface area contributed by atoms with E-state index in [1.165, 1.54) is 3.57 Å². The Balaban J connectivity index is 2.56. The molecule has 0 aliphatic heterocycles. The van der Waals surface area contributed by atoms with E-state index in [-0.39, 0.29) is 6.10 Å². The SMILES string of the molecule is COC(C)C(O)Cc1ccc(I)cc1. The van der Waals surface area contributed by atoms with Gasteiger partial charge in [0, 0.05) is 17.1 Å². The Hall–Kier alpha value is -0.130. The van der Waals surface area contributed by atoms with Gasteiger partial charge in [-0.15, -0.1) is 0 Å². The van der Waals surface area contributed by atoms with Gasteiger partial charge < -0.3 is 9.84 Å². The van der Waals surface area contributed by atoms with E-state index in [0.717, 1.165) is 5.56 Å². The molecule has 1 N–H and O–H groups in total. The summed E-state index contributed by atoms with van der Waals surface area (Å²) in [6, 6.07) is 8.15. The Morgan fingerprint density at radius 3 is 2.43 bits per heavy atom. The van der Waals surface area contributed by atoms with Crippen LogP contribution in [0.2, 0.25) is 0 Å². The minimum Gasteiger partial charge on any atom is -0.390 e. The van der Waals surface area contributed by atoms with Gasteiger partial charge in [0.1, 0.15) is 0 Å². The summed E-state index contributed by atoms with van der Waals surface area (Å²) in [6.07, 6.45) is 0.0979. The lowest BCUT2D eigenvalue weighted by molar-refractivity contribution is 0.000406. The topological polar surface area (TPSA) is 29.5 Å². The number of methoxy groups -OCH3 is 1. The van der Waals surface area contributed by atoms with Crippen LogP contribution in [0.5, 0.6) is 0 Å². The number of ether oxygens (including phenoxy) is 1. The maximum absolute atomic E-state index is 9.71. The molecule has 1 rings (SSSR count). The maximum atomic E-state index is 9.71. The molecule has 0 fully saturated rings. The zero-order valence-electron chi connectivity index (χ0n) is 8.40. The molecule has 0 heterocycles. The molecule has 0 bridgehead atoms. The molecule has 2 nitrogen and oxygen atoms in total. The molecule has 1 aromatic rings. The van der Waals surface area contributed by atoms with Gasteiger partial charge >= 0.3 is 0 Å². The van der Waals surface area contributed by atoms with Crippen LogP contribution in [0.3, 0.4) is 0 Å². The summed E-state index contributed by atoms with van der Waals surface area (Å²) in [7, 11) is 1.61. The average molecular weight is 306 g/mol. The summed E-state index contributed by atoms with van der Waals surface area (Å²) in [5, 5.41) is 9.71. The lowest BCUT2D eigenvalue weighted by Gasteiger charge is -2.17. The number of aliphatic hydroxyl groups is 1. The van der Waals surface area contributed by atoms with Crippen LogP contribution in [0.4, 0.5) is 0 Å². The van der Waals surface area contributed by atoms with Crippen molar-refractivity contribution >= 4 is 22.6 Å². The van der Waals surface area contributed by atoms with Gasteiger partial charge in [-0.1, -0.05) is 12.1 Å². The van der Waals surface area contributed by atoms with Crippen molar-refractivity contribution in [2.24, 2.45) is 0 Å². The summed E-state index contributed by atoms with van der Waals surface area (Å²) >= 11 is 2.26. The number of halogens is 1. The first-order valence-electron chi connectivity index (χ1n) is 4.58. The Morgan fingerprint density at radius 2 is 1.93 bits per heavy atom. The number of benzene rings is 1. The number of rotatable bonds is 4. The van der Waals surface area contributed by atoms with Crippen LogP contribution in [0.15, 0.2) is 24.3 Å². The highest BCUT2D eigenvalue weighted by Gasteiger charge is 2.13. The zero-order chi connectivity index (χ0) is 10.6. The third kappa shape index (κ3) is 3.55. The largest absolute Gasteiger partial charge is 0.390 e. The molecule has 0 amide bonds. The van der Waals surface area contributed by atoms with Gasteiger partial charge in [-0.25, -0.2) is 0 Å².